The lowest BCUT2D eigenvalue weighted by atomic mass is 9.93. The minimum Gasteiger partial charge on any atom is -0.448 e. The van der Waals surface area contributed by atoms with Gasteiger partial charge < -0.3 is 14.6 Å². The van der Waals surface area contributed by atoms with Crippen LogP contribution >= 0.6 is 0 Å². The molecule has 158 valence electrons. The van der Waals surface area contributed by atoms with Gasteiger partial charge in [0.1, 0.15) is 17.3 Å². The number of hydrogen-bond acceptors (Lipinski definition) is 6. The zero-order valence-electron chi connectivity index (χ0n) is 16.3. The average Bonchev–Trinajstić information content (AvgIpc) is 2.72. The highest BCUT2D eigenvalue weighted by molar-refractivity contribution is 5.75. The third kappa shape index (κ3) is 4.03. The Hall–Kier alpha value is -2.91. The van der Waals surface area contributed by atoms with Gasteiger partial charge in [-0.1, -0.05) is 0 Å². The molecule has 4 rings (SSSR count). The van der Waals surface area contributed by atoms with E-state index in [-0.39, 0.29) is 17.4 Å². The molecule has 1 fully saturated rings. The molecular weight excluding hydrogens is 396 g/mol. The van der Waals surface area contributed by atoms with Gasteiger partial charge in [0.05, 0.1) is 12.7 Å². The summed E-state index contributed by atoms with van der Waals surface area (Å²) in [5, 5.41) is 10.6. The van der Waals surface area contributed by atoms with E-state index in [0.29, 0.717) is 55.5 Å². The summed E-state index contributed by atoms with van der Waals surface area (Å²) >= 11 is 0. The number of fused-ring (bicyclic) bond motifs is 1. The highest BCUT2D eigenvalue weighted by atomic mass is 19.1. The molecule has 0 radical (unpaired) electrons. The lowest BCUT2D eigenvalue weighted by Gasteiger charge is -2.27. The second-order valence-electron chi connectivity index (χ2n) is 7.20. The fourth-order valence-corrected chi connectivity index (χ4v) is 3.55. The number of halogens is 2. The van der Waals surface area contributed by atoms with Crippen molar-refractivity contribution in [1.29, 1.82) is 0 Å². The van der Waals surface area contributed by atoms with Crippen LogP contribution in [-0.4, -0.2) is 39.0 Å². The molecule has 1 N–H and O–H groups in total. The number of pyridine rings is 1. The largest absolute Gasteiger partial charge is 0.448 e. The van der Waals surface area contributed by atoms with Crippen LogP contribution < -0.4 is 10.3 Å². The van der Waals surface area contributed by atoms with Crippen molar-refractivity contribution in [1.82, 2.24) is 14.5 Å². The molecule has 2 atom stereocenters. The number of benzene rings is 1. The predicted octanol–water partition coefficient (Wildman–Crippen LogP) is 2.82. The maximum Gasteiger partial charge on any atom is 0.295 e. The fourth-order valence-electron chi connectivity index (χ4n) is 3.55. The smallest absolute Gasteiger partial charge is 0.295 e. The number of hydrogen-bond donors (Lipinski definition) is 1. The summed E-state index contributed by atoms with van der Waals surface area (Å²) < 4.78 is 39.2. The second kappa shape index (κ2) is 8.45. The van der Waals surface area contributed by atoms with Crippen LogP contribution in [0.4, 0.5) is 8.78 Å². The number of aliphatic hydroxyl groups is 1. The van der Waals surface area contributed by atoms with Gasteiger partial charge in [-0.25, -0.2) is 18.7 Å². The summed E-state index contributed by atoms with van der Waals surface area (Å²) in [5.74, 6) is -1.48. The van der Waals surface area contributed by atoms with Crippen LogP contribution in [0.15, 0.2) is 35.3 Å². The van der Waals surface area contributed by atoms with E-state index in [9.17, 15) is 18.7 Å². The van der Waals surface area contributed by atoms with Crippen molar-refractivity contribution in [3.8, 4) is 11.5 Å². The molecule has 1 aliphatic rings. The standard InChI is InChI=1S/C21H21F2N3O4/c1-2-26-20-13(10-24-19(25-20)8-12-5-6-29-11-16(12)27)7-18(21(26)28)30-17-4-3-14(22)9-15(17)23/h3-4,7,9-10,12,16,27H,2,5-6,8,11H2,1H3/t12-,16+/m0/s1. The first-order valence-corrected chi connectivity index (χ1v) is 9.74. The summed E-state index contributed by atoms with van der Waals surface area (Å²) in [5.41, 5.74) is -0.0505. The molecule has 0 aliphatic carbocycles. The minimum absolute atomic E-state index is 0.0120. The zero-order valence-corrected chi connectivity index (χ0v) is 16.3. The number of rotatable bonds is 5. The Morgan fingerprint density at radius 3 is 2.87 bits per heavy atom. The van der Waals surface area contributed by atoms with Gasteiger partial charge in [0.15, 0.2) is 17.3 Å². The van der Waals surface area contributed by atoms with E-state index >= 15 is 0 Å². The van der Waals surface area contributed by atoms with Crippen LogP contribution in [0.25, 0.3) is 11.0 Å². The molecule has 7 nitrogen and oxygen atoms in total. The summed E-state index contributed by atoms with van der Waals surface area (Å²) in [6.45, 7) is 2.97. The van der Waals surface area contributed by atoms with Crippen molar-refractivity contribution in [3.63, 3.8) is 0 Å². The number of ether oxygens (including phenoxy) is 2. The number of aromatic nitrogens is 3. The number of aliphatic hydroxyl groups excluding tert-OH is 1. The first kappa shape index (κ1) is 20.4. The molecule has 3 heterocycles. The molecule has 0 saturated carbocycles. The summed E-state index contributed by atoms with van der Waals surface area (Å²) in [4.78, 5) is 21.8. The summed E-state index contributed by atoms with van der Waals surface area (Å²) in [6.07, 6.45) is 2.17. The molecule has 0 spiro atoms. The minimum atomic E-state index is -0.904. The van der Waals surface area contributed by atoms with E-state index in [2.05, 4.69) is 9.97 Å². The van der Waals surface area contributed by atoms with E-state index in [0.717, 1.165) is 12.1 Å². The lowest BCUT2D eigenvalue weighted by Crippen LogP contribution is -2.34. The summed E-state index contributed by atoms with van der Waals surface area (Å²) in [7, 11) is 0. The SMILES string of the molecule is CCn1c(=O)c(Oc2ccc(F)cc2F)cc2cnc(C[C@@H]3CCOC[C@H]3O)nc21. The van der Waals surface area contributed by atoms with E-state index in [1.54, 1.807) is 13.1 Å². The Morgan fingerprint density at radius 1 is 1.30 bits per heavy atom. The molecule has 1 aromatic carbocycles. The van der Waals surface area contributed by atoms with Crippen molar-refractivity contribution in [2.24, 2.45) is 5.92 Å². The van der Waals surface area contributed by atoms with Gasteiger partial charge in [0.2, 0.25) is 0 Å². The first-order valence-electron chi connectivity index (χ1n) is 9.74. The van der Waals surface area contributed by atoms with E-state index in [1.165, 1.54) is 10.6 Å². The van der Waals surface area contributed by atoms with Crippen LogP contribution in [0.2, 0.25) is 0 Å². The molecule has 0 bridgehead atoms. The average molecular weight is 417 g/mol. The van der Waals surface area contributed by atoms with Crippen molar-refractivity contribution >= 4 is 11.0 Å². The van der Waals surface area contributed by atoms with Crippen molar-refractivity contribution in [2.45, 2.75) is 32.4 Å². The van der Waals surface area contributed by atoms with Crippen LogP contribution in [-0.2, 0) is 17.7 Å². The number of aryl methyl sites for hydroxylation is 1. The van der Waals surface area contributed by atoms with Gasteiger partial charge in [-0.2, -0.15) is 0 Å². The topological polar surface area (TPSA) is 86.5 Å². The van der Waals surface area contributed by atoms with Gasteiger partial charge in [0, 0.05) is 37.2 Å². The first-order chi connectivity index (χ1) is 14.5. The zero-order chi connectivity index (χ0) is 21.3. The molecule has 2 aromatic heterocycles. The summed E-state index contributed by atoms with van der Waals surface area (Å²) in [6, 6.07) is 4.32. The van der Waals surface area contributed by atoms with E-state index in [1.807, 2.05) is 0 Å². The Labute approximate surface area is 170 Å². The Balaban J connectivity index is 1.69. The maximum atomic E-state index is 13.9. The van der Waals surface area contributed by atoms with Gasteiger partial charge in [0.25, 0.3) is 5.56 Å². The van der Waals surface area contributed by atoms with Gasteiger partial charge in [-0.3, -0.25) is 9.36 Å². The van der Waals surface area contributed by atoms with Crippen LogP contribution in [0.1, 0.15) is 19.2 Å². The molecule has 9 heteroatoms. The van der Waals surface area contributed by atoms with E-state index in [4.69, 9.17) is 9.47 Å². The van der Waals surface area contributed by atoms with Crippen molar-refractivity contribution < 1.29 is 23.4 Å². The van der Waals surface area contributed by atoms with E-state index < -0.39 is 23.3 Å². The highest BCUT2D eigenvalue weighted by Crippen LogP contribution is 2.25. The quantitative estimate of drug-likeness (QED) is 0.687. The molecule has 30 heavy (non-hydrogen) atoms. The molecule has 3 aromatic rings. The van der Waals surface area contributed by atoms with Crippen molar-refractivity contribution in [3.05, 3.63) is 58.3 Å². The monoisotopic (exact) mass is 417 g/mol. The van der Waals surface area contributed by atoms with Crippen LogP contribution in [0.3, 0.4) is 0 Å². The molecular formula is C21H21F2N3O4. The fraction of sp³-hybridized carbons (Fsp3) is 0.381. The Morgan fingerprint density at radius 2 is 2.13 bits per heavy atom. The van der Waals surface area contributed by atoms with Gasteiger partial charge in [-0.15, -0.1) is 0 Å². The third-order valence-corrected chi connectivity index (χ3v) is 5.18. The van der Waals surface area contributed by atoms with Gasteiger partial charge in [-0.05, 0) is 37.5 Å². The number of nitrogens with zero attached hydrogens (tertiary/aromatic N) is 3. The predicted molar refractivity (Wildman–Crippen MR) is 105 cm³/mol. The van der Waals surface area contributed by atoms with Crippen LogP contribution in [0.5, 0.6) is 11.5 Å². The third-order valence-electron chi connectivity index (χ3n) is 5.18. The lowest BCUT2D eigenvalue weighted by molar-refractivity contribution is -0.0439. The normalized spacial score (nSPS) is 19.2. The molecule has 1 aliphatic heterocycles. The molecule has 0 unspecified atom stereocenters. The van der Waals surface area contributed by atoms with Crippen LogP contribution in [0, 0.1) is 17.6 Å². The highest BCUT2D eigenvalue weighted by Gasteiger charge is 2.25. The molecule has 0 amide bonds. The van der Waals surface area contributed by atoms with Gasteiger partial charge >= 0.3 is 0 Å². The second-order valence-corrected chi connectivity index (χ2v) is 7.20. The maximum absolute atomic E-state index is 13.9. The Kier molecular flexibility index (Phi) is 5.74. The molecule has 1 saturated heterocycles. The van der Waals surface area contributed by atoms with Crippen molar-refractivity contribution in [2.75, 3.05) is 13.2 Å². The Bertz CT molecular complexity index is 1140.